The second-order valence-electron chi connectivity index (χ2n) is 5.26. The van der Waals surface area contributed by atoms with Gasteiger partial charge in [-0.25, -0.2) is 4.39 Å². The topological polar surface area (TPSA) is 81.4 Å². The molecule has 6 heteroatoms. The molecule has 1 rings (SSSR count). The van der Waals surface area contributed by atoms with E-state index in [-0.39, 0.29) is 23.6 Å². The summed E-state index contributed by atoms with van der Waals surface area (Å²) in [6.45, 7) is 4.07. The maximum absolute atomic E-state index is 13.7. The van der Waals surface area contributed by atoms with Crippen LogP contribution >= 0.6 is 0 Å². The summed E-state index contributed by atoms with van der Waals surface area (Å²) in [5.74, 6) is -1.19. The van der Waals surface area contributed by atoms with Gasteiger partial charge in [0.1, 0.15) is 11.9 Å². The van der Waals surface area contributed by atoms with Crippen LogP contribution in [-0.2, 0) is 16.1 Å². The summed E-state index contributed by atoms with van der Waals surface area (Å²) in [7, 11) is 1.31. The Kier molecular flexibility index (Phi) is 6.30. The highest BCUT2D eigenvalue weighted by molar-refractivity contribution is 5.92. The van der Waals surface area contributed by atoms with Gasteiger partial charge in [-0.05, 0) is 30.5 Å². The minimum atomic E-state index is -0.622. The molecule has 0 heterocycles. The molecule has 21 heavy (non-hydrogen) atoms. The van der Waals surface area contributed by atoms with E-state index in [9.17, 15) is 14.0 Å². The van der Waals surface area contributed by atoms with Crippen LogP contribution in [0.15, 0.2) is 18.2 Å². The van der Waals surface area contributed by atoms with Gasteiger partial charge in [0.2, 0.25) is 5.91 Å². The maximum atomic E-state index is 13.7. The number of benzene rings is 1. The summed E-state index contributed by atoms with van der Waals surface area (Å²) in [6.07, 6.45) is 0.573. The van der Waals surface area contributed by atoms with Crippen molar-refractivity contribution in [3.63, 3.8) is 0 Å². The van der Waals surface area contributed by atoms with Gasteiger partial charge in [0.25, 0.3) is 0 Å². The van der Waals surface area contributed by atoms with E-state index in [1.54, 1.807) is 0 Å². The van der Waals surface area contributed by atoms with Gasteiger partial charge >= 0.3 is 5.97 Å². The Morgan fingerprint density at radius 3 is 2.57 bits per heavy atom. The molecule has 1 amide bonds. The Balaban J connectivity index is 2.81. The summed E-state index contributed by atoms with van der Waals surface area (Å²) in [5.41, 5.74) is 5.68. The van der Waals surface area contributed by atoms with E-state index in [4.69, 9.17) is 10.5 Å². The molecule has 3 N–H and O–H groups in total. The van der Waals surface area contributed by atoms with Crippen molar-refractivity contribution >= 4 is 11.9 Å². The second kappa shape index (κ2) is 7.73. The fraction of sp³-hybridized carbons (Fsp3) is 0.467. The minimum Gasteiger partial charge on any atom is -0.468 e. The molecular weight excluding hydrogens is 275 g/mol. The molecule has 1 atom stereocenters. The minimum absolute atomic E-state index is 0.111. The number of carbonyl (C=O) groups is 2. The lowest BCUT2D eigenvalue weighted by Gasteiger charge is -2.18. The predicted molar refractivity (Wildman–Crippen MR) is 77.0 cm³/mol. The number of nitrogens with two attached hydrogens (primary N) is 1. The van der Waals surface area contributed by atoms with Crippen molar-refractivity contribution in [3.8, 4) is 0 Å². The fourth-order valence-electron chi connectivity index (χ4n) is 1.97. The van der Waals surface area contributed by atoms with Crippen molar-refractivity contribution in [3.05, 3.63) is 35.1 Å². The largest absolute Gasteiger partial charge is 0.468 e. The lowest BCUT2D eigenvalue weighted by molar-refractivity contribution is -0.143. The molecule has 0 fully saturated rings. The molecule has 0 aromatic heterocycles. The Hall–Kier alpha value is -1.95. The number of hydrogen-bond donors (Lipinski definition) is 2. The number of carbonyl (C=O) groups excluding carboxylic acids is 2. The third kappa shape index (κ3) is 5.15. The van der Waals surface area contributed by atoms with Crippen LogP contribution in [0.1, 0.15) is 36.2 Å². The monoisotopic (exact) mass is 296 g/mol. The van der Waals surface area contributed by atoms with E-state index >= 15 is 0 Å². The van der Waals surface area contributed by atoms with E-state index < -0.39 is 23.7 Å². The fourth-order valence-corrected chi connectivity index (χ4v) is 1.97. The van der Waals surface area contributed by atoms with Gasteiger partial charge < -0.3 is 15.8 Å². The highest BCUT2D eigenvalue weighted by Gasteiger charge is 2.20. The van der Waals surface area contributed by atoms with Crippen LogP contribution in [0.25, 0.3) is 0 Å². The van der Waals surface area contributed by atoms with Gasteiger partial charge in [0, 0.05) is 17.7 Å². The Labute approximate surface area is 123 Å². The molecule has 0 aliphatic carbocycles. The highest BCUT2D eigenvalue weighted by Crippen LogP contribution is 2.12. The van der Waals surface area contributed by atoms with Crippen LogP contribution < -0.4 is 11.1 Å². The van der Waals surface area contributed by atoms with E-state index in [0.29, 0.717) is 6.42 Å². The molecule has 5 nitrogen and oxygen atoms in total. The number of nitrogens with one attached hydrogen (secondary N) is 1. The lowest BCUT2D eigenvalue weighted by atomic mass is 10.0. The number of ether oxygens (including phenoxy) is 1. The summed E-state index contributed by atoms with van der Waals surface area (Å²) < 4.78 is 18.4. The third-order valence-corrected chi connectivity index (χ3v) is 3.06. The number of methoxy groups -OCH3 is 1. The van der Waals surface area contributed by atoms with Crippen LogP contribution in [-0.4, -0.2) is 25.0 Å². The number of rotatable bonds is 7. The Morgan fingerprint density at radius 2 is 2.05 bits per heavy atom. The van der Waals surface area contributed by atoms with Crippen LogP contribution in [0.4, 0.5) is 4.39 Å². The number of hydrogen-bond acceptors (Lipinski definition) is 4. The Bertz CT molecular complexity index is 518. The molecule has 0 aliphatic heterocycles. The lowest BCUT2D eigenvalue weighted by Crippen LogP contribution is -2.38. The summed E-state index contributed by atoms with van der Waals surface area (Å²) in [5, 5.41) is 2.96. The third-order valence-electron chi connectivity index (χ3n) is 3.06. The standard InChI is InChI=1S/C15H21FN2O3/c1-9(2)6-13(15(20)21-3)18-8-11-7-10(14(17)19)4-5-12(11)16/h4-5,7,9,13,18H,6,8H2,1-3H3,(H2,17,19). The van der Waals surface area contributed by atoms with Gasteiger partial charge in [-0.3, -0.25) is 9.59 Å². The molecule has 0 saturated carbocycles. The van der Waals surface area contributed by atoms with Gasteiger partial charge in [-0.15, -0.1) is 0 Å². The molecule has 1 aromatic carbocycles. The summed E-state index contributed by atoms with van der Waals surface area (Å²) in [4.78, 5) is 22.8. The number of halogens is 1. The van der Waals surface area contributed by atoms with Crippen LogP contribution in [0, 0.1) is 11.7 Å². The average Bonchev–Trinajstić information content (AvgIpc) is 2.43. The molecule has 0 aliphatic rings. The van der Waals surface area contributed by atoms with Crippen LogP contribution in [0.5, 0.6) is 0 Å². The molecule has 0 radical (unpaired) electrons. The molecule has 0 spiro atoms. The molecule has 0 bridgehead atoms. The van der Waals surface area contributed by atoms with Crippen molar-refractivity contribution in [2.45, 2.75) is 32.9 Å². The zero-order chi connectivity index (χ0) is 16.0. The molecule has 1 aromatic rings. The first kappa shape index (κ1) is 17.1. The van der Waals surface area contributed by atoms with Gasteiger partial charge in [-0.1, -0.05) is 13.8 Å². The molecular formula is C15H21FN2O3. The smallest absolute Gasteiger partial charge is 0.322 e. The number of esters is 1. The van der Waals surface area contributed by atoms with Crippen molar-refractivity contribution in [1.82, 2.24) is 5.32 Å². The predicted octanol–water partition coefficient (Wildman–Crippen LogP) is 1.60. The van der Waals surface area contributed by atoms with E-state index in [1.165, 1.54) is 25.3 Å². The van der Waals surface area contributed by atoms with Crippen molar-refractivity contribution in [1.29, 1.82) is 0 Å². The molecule has 0 saturated heterocycles. The van der Waals surface area contributed by atoms with Gasteiger partial charge in [-0.2, -0.15) is 0 Å². The van der Waals surface area contributed by atoms with Gasteiger partial charge in [0.05, 0.1) is 7.11 Å². The first-order chi connectivity index (χ1) is 9.85. The van der Waals surface area contributed by atoms with Crippen LogP contribution in [0.3, 0.4) is 0 Å². The van der Waals surface area contributed by atoms with E-state index in [2.05, 4.69) is 5.32 Å². The average molecular weight is 296 g/mol. The molecule has 116 valence electrons. The van der Waals surface area contributed by atoms with Crippen molar-refractivity contribution in [2.24, 2.45) is 11.7 Å². The van der Waals surface area contributed by atoms with Crippen molar-refractivity contribution in [2.75, 3.05) is 7.11 Å². The quantitative estimate of drug-likeness (QED) is 0.749. The summed E-state index contributed by atoms with van der Waals surface area (Å²) in [6, 6.07) is 3.38. The van der Waals surface area contributed by atoms with Crippen LogP contribution in [0.2, 0.25) is 0 Å². The number of amides is 1. The van der Waals surface area contributed by atoms with Gasteiger partial charge in [0.15, 0.2) is 0 Å². The first-order valence-electron chi connectivity index (χ1n) is 6.74. The number of primary amides is 1. The van der Waals surface area contributed by atoms with Crippen molar-refractivity contribution < 1.29 is 18.7 Å². The SMILES string of the molecule is COC(=O)C(CC(C)C)NCc1cc(C(N)=O)ccc1F. The maximum Gasteiger partial charge on any atom is 0.322 e. The Morgan fingerprint density at radius 1 is 1.38 bits per heavy atom. The first-order valence-corrected chi connectivity index (χ1v) is 6.74. The summed E-state index contributed by atoms with van der Waals surface area (Å²) >= 11 is 0. The van der Waals surface area contributed by atoms with E-state index in [0.717, 1.165) is 0 Å². The zero-order valence-electron chi connectivity index (χ0n) is 12.5. The van der Waals surface area contributed by atoms with E-state index in [1.807, 2.05) is 13.8 Å². The molecule has 1 unspecified atom stereocenters. The normalized spacial score (nSPS) is 12.2. The zero-order valence-corrected chi connectivity index (χ0v) is 12.5. The second-order valence-corrected chi connectivity index (χ2v) is 5.26. The highest BCUT2D eigenvalue weighted by atomic mass is 19.1.